The van der Waals surface area contributed by atoms with Crippen LogP contribution >= 0.6 is 11.6 Å². The summed E-state index contributed by atoms with van der Waals surface area (Å²) in [4.78, 5) is 14.1. The van der Waals surface area contributed by atoms with Crippen molar-refractivity contribution in [3.63, 3.8) is 0 Å². The van der Waals surface area contributed by atoms with E-state index in [1.54, 1.807) is 24.3 Å². The van der Waals surface area contributed by atoms with E-state index < -0.39 is 0 Å². The maximum atomic E-state index is 11.9. The molecule has 0 unspecified atom stereocenters. The van der Waals surface area contributed by atoms with E-state index in [1.165, 1.54) is 0 Å². The van der Waals surface area contributed by atoms with E-state index in [4.69, 9.17) is 16.3 Å². The number of carbonyl (C=O) groups excluding carboxylic acids is 1. The van der Waals surface area contributed by atoms with Gasteiger partial charge in [0, 0.05) is 19.6 Å². The summed E-state index contributed by atoms with van der Waals surface area (Å²) in [7, 11) is 0. The van der Waals surface area contributed by atoms with Crippen LogP contribution in [-0.2, 0) is 4.74 Å². The van der Waals surface area contributed by atoms with E-state index in [0.29, 0.717) is 30.5 Å². The lowest BCUT2D eigenvalue weighted by atomic mass is 10.2. The Morgan fingerprint density at radius 1 is 1.38 bits per heavy atom. The second-order valence-electron chi connectivity index (χ2n) is 4.87. The van der Waals surface area contributed by atoms with Crippen LogP contribution in [0.4, 0.5) is 10.5 Å². The van der Waals surface area contributed by atoms with Gasteiger partial charge in [-0.15, -0.1) is 0 Å². The van der Waals surface area contributed by atoms with Crippen LogP contribution in [0.2, 0.25) is 5.02 Å². The number of amides is 2. The monoisotopic (exact) mass is 313 g/mol. The first-order chi connectivity index (χ1) is 10.2. The molecule has 6 nitrogen and oxygen atoms in total. The lowest BCUT2D eigenvalue weighted by molar-refractivity contribution is 0.0308. The zero-order valence-electron chi connectivity index (χ0n) is 11.7. The zero-order valence-corrected chi connectivity index (χ0v) is 12.5. The number of hydrogen-bond acceptors (Lipinski definition) is 4. The first kappa shape index (κ1) is 16.0. The Labute approximate surface area is 129 Å². The molecule has 1 saturated heterocycles. The Bertz CT molecular complexity index is 467. The molecule has 1 heterocycles. The average molecular weight is 314 g/mol. The highest BCUT2D eigenvalue weighted by Gasteiger charge is 2.18. The van der Waals surface area contributed by atoms with Gasteiger partial charge in [-0.3, -0.25) is 4.90 Å². The van der Waals surface area contributed by atoms with E-state index in [9.17, 15) is 9.90 Å². The molecular weight excluding hydrogens is 294 g/mol. The van der Waals surface area contributed by atoms with Gasteiger partial charge in [-0.2, -0.15) is 0 Å². The van der Waals surface area contributed by atoms with E-state index in [2.05, 4.69) is 15.5 Å². The van der Waals surface area contributed by atoms with Gasteiger partial charge in [0.1, 0.15) is 0 Å². The highest BCUT2D eigenvalue weighted by atomic mass is 35.5. The molecule has 2 rings (SSSR count). The van der Waals surface area contributed by atoms with Gasteiger partial charge >= 0.3 is 6.03 Å². The molecule has 1 aliphatic rings. The van der Waals surface area contributed by atoms with Crippen LogP contribution in [0.3, 0.4) is 0 Å². The largest absolute Gasteiger partial charge is 0.394 e. The van der Waals surface area contributed by atoms with Gasteiger partial charge in [0.25, 0.3) is 0 Å². The highest BCUT2D eigenvalue weighted by molar-refractivity contribution is 6.33. The van der Waals surface area contributed by atoms with Crippen LogP contribution in [0, 0.1) is 0 Å². The van der Waals surface area contributed by atoms with E-state index in [-0.39, 0.29) is 18.7 Å². The van der Waals surface area contributed by atoms with Crippen molar-refractivity contribution in [1.82, 2.24) is 10.2 Å². The molecule has 116 valence electrons. The standard InChI is InChI=1S/C14H20ClN3O3/c15-12-3-1-2-4-13(12)17-14(20)16-11(10-19)9-18-5-7-21-8-6-18/h1-4,11,19H,5-10H2,(H2,16,17,20)/t11-/m0/s1. The number of urea groups is 1. The molecule has 0 aliphatic carbocycles. The average Bonchev–Trinajstić information content (AvgIpc) is 2.50. The summed E-state index contributed by atoms with van der Waals surface area (Å²) in [6.07, 6.45) is 0. The van der Waals surface area contributed by atoms with Crippen molar-refractivity contribution in [2.45, 2.75) is 6.04 Å². The van der Waals surface area contributed by atoms with Gasteiger partial charge in [0.2, 0.25) is 0 Å². The summed E-state index contributed by atoms with van der Waals surface area (Å²) < 4.78 is 5.27. The summed E-state index contributed by atoms with van der Waals surface area (Å²) in [5.74, 6) is 0. The maximum Gasteiger partial charge on any atom is 0.319 e. The second-order valence-corrected chi connectivity index (χ2v) is 5.28. The first-order valence-corrected chi connectivity index (χ1v) is 7.30. The predicted molar refractivity (Wildman–Crippen MR) is 81.7 cm³/mol. The minimum absolute atomic E-state index is 0.118. The van der Waals surface area contributed by atoms with Crippen molar-refractivity contribution < 1.29 is 14.6 Å². The van der Waals surface area contributed by atoms with Gasteiger partial charge < -0.3 is 20.5 Å². The summed E-state index contributed by atoms with van der Waals surface area (Å²) in [5.41, 5.74) is 0.541. The number of nitrogens with one attached hydrogen (secondary N) is 2. The van der Waals surface area contributed by atoms with Crippen molar-refractivity contribution in [3.8, 4) is 0 Å². The molecular formula is C14H20ClN3O3. The minimum Gasteiger partial charge on any atom is -0.394 e. The first-order valence-electron chi connectivity index (χ1n) is 6.92. The van der Waals surface area contributed by atoms with Crippen LogP contribution in [-0.4, -0.2) is 61.5 Å². The fourth-order valence-corrected chi connectivity index (χ4v) is 2.33. The SMILES string of the molecule is O=C(Nc1ccccc1Cl)N[C@H](CO)CN1CCOCC1. The number of hydrogen-bond donors (Lipinski definition) is 3. The predicted octanol–water partition coefficient (Wildman–Crippen LogP) is 1.15. The molecule has 1 atom stereocenters. The Kier molecular flexibility index (Phi) is 6.25. The number of nitrogens with zero attached hydrogens (tertiary/aromatic N) is 1. The quantitative estimate of drug-likeness (QED) is 0.762. The smallest absolute Gasteiger partial charge is 0.319 e. The number of aliphatic hydroxyl groups excluding tert-OH is 1. The molecule has 1 aromatic carbocycles. The number of para-hydroxylation sites is 1. The van der Waals surface area contributed by atoms with E-state index in [0.717, 1.165) is 13.1 Å². The van der Waals surface area contributed by atoms with Crippen molar-refractivity contribution in [2.75, 3.05) is 44.8 Å². The molecule has 3 N–H and O–H groups in total. The van der Waals surface area contributed by atoms with Crippen LogP contribution < -0.4 is 10.6 Å². The van der Waals surface area contributed by atoms with Gasteiger partial charge in [0.05, 0.1) is 36.6 Å². The number of benzene rings is 1. The molecule has 1 aromatic rings. The second kappa shape index (κ2) is 8.19. The normalized spacial score (nSPS) is 17.2. The summed E-state index contributed by atoms with van der Waals surface area (Å²) in [6.45, 7) is 3.46. The van der Waals surface area contributed by atoms with E-state index in [1.807, 2.05) is 0 Å². The minimum atomic E-state index is -0.379. The zero-order chi connectivity index (χ0) is 15.1. The molecule has 1 fully saturated rings. The number of morpholine rings is 1. The number of halogens is 1. The van der Waals surface area contributed by atoms with Crippen molar-refractivity contribution in [1.29, 1.82) is 0 Å². The third-order valence-electron chi connectivity index (χ3n) is 3.26. The summed E-state index contributed by atoms with van der Waals surface area (Å²) in [6, 6.07) is 6.30. The number of ether oxygens (including phenoxy) is 1. The van der Waals surface area contributed by atoms with Crippen LogP contribution in [0.1, 0.15) is 0 Å². The third-order valence-corrected chi connectivity index (χ3v) is 3.59. The van der Waals surface area contributed by atoms with Gasteiger partial charge in [-0.05, 0) is 12.1 Å². The van der Waals surface area contributed by atoms with Gasteiger partial charge in [-0.1, -0.05) is 23.7 Å². The molecule has 0 aromatic heterocycles. The highest BCUT2D eigenvalue weighted by Crippen LogP contribution is 2.20. The molecule has 21 heavy (non-hydrogen) atoms. The van der Waals surface area contributed by atoms with Crippen LogP contribution in [0.25, 0.3) is 0 Å². The Balaban J connectivity index is 1.83. The fraction of sp³-hybridized carbons (Fsp3) is 0.500. The van der Waals surface area contributed by atoms with Crippen LogP contribution in [0.15, 0.2) is 24.3 Å². The van der Waals surface area contributed by atoms with Crippen molar-refractivity contribution in [3.05, 3.63) is 29.3 Å². The summed E-state index contributed by atoms with van der Waals surface area (Å²) >= 11 is 5.98. The molecule has 0 spiro atoms. The molecule has 7 heteroatoms. The lowest BCUT2D eigenvalue weighted by Gasteiger charge is -2.30. The Hall–Kier alpha value is -1.34. The number of carbonyl (C=O) groups is 1. The summed E-state index contributed by atoms with van der Waals surface area (Å²) in [5, 5.41) is 15.3. The van der Waals surface area contributed by atoms with Gasteiger partial charge in [-0.25, -0.2) is 4.79 Å². The Morgan fingerprint density at radius 3 is 2.76 bits per heavy atom. The third kappa shape index (κ3) is 5.17. The van der Waals surface area contributed by atoms with Crippen molar-refractivity contribution in [2.24, 2.45) is 0 Å². The van der Waals surface area contributed by atoms with E-state index >= 15 is 0 Å². The maximum absolute atomic E-state index is 11.9. The number of rotatable bonds is 5. The molecule has 0 radical (unpaired) electrons. The topological polar surface area (TPSA) is 73.8 Å². The number of aliphatic hydroxyl groups is 1. The number of anilines is 1. The van der Waals surface area contributed by atoms with Crippen LogP contribution in [0.5, 0.6) is 0 Å². The Morgan fingerprint density at radius 2 is 2.10 bits per heavy atom. The van der Waals surface area contributed by atoms with Gasteiger partial charge in [0.15, 0.2) is 0 Å². The van der Waals surface area contributed by atoms with Crippen molar-refractivity contribution >= 4 is 23.3 Å². The lowest BCUT2D eigenvalue weighted by Crippen LogP contribution is -2.49. The molecule has 0 bridgehead atoms. The molecule has 0 saturated carbocycles. The fourth-order valence-electron chi connectivity index (χ4n) is 2.15. The molecule has 1 aliphatic heterocycles. The molecule has 2 amide bonds.